The lowest BCUT2D eigenvalue weighted by Gasteiger charge is -2.32. The van der Waals surface area contributed by atoms with Crippen LogP contribution >= 0.6 is 15.6 Å². The maximum atomic E-state index is 13.8. The first kappa shape index (κ1) is 44.9. The SMILES string of the molecule is C=CCCC(=O)N[C@@H](CCS(C)(=O)=O)C(=O)O[C@@H]1[C@@H](COP(=O)(O)O[C@H]2C(n3ccc(N)nc3=O)CO[C@@H]2COP(=O)(O)O)OC[C@]1(O)n1cnc2c(N)ncnc21. The fraction of sp³-hybridized carbons (Fsp3) is 0.552. The topological polar surface area (TPSA) is 381 Å². The van der Waals surface area contributed by atoms with Crippen LogP contribution in [0.5, 0.6) is 0 Å². The molecular weight excluding hydrogens is 840 g/mol. The molecule has 5 rings (SSSR count). The summed E-state index contributed by atoms with van der Waals surface area (Å²) in [5, 5.41) is 14.6. The molecule has 2 unspecified atom stereocenters. The van der Waals surface area contributed by atoms with Gasteiger partial charge in [-0.3, -0.25) is 27.5 Å². The number of aromatic nitrogens is 6. The number of ether oxygens (including phenoxy) is 3. The summed E-state index contributed by atoms with van der Waals surface area (Å²) in [4.78, 5) is 84.2. The number of imidazole rings is 1. The highest BCUT2D eigenvalue weighted by molar-refractivity contribution is 7.90. The maximum Gasteiger partial charge on any atom is 0.472 e. The Morgan fingerprint density at radius 2 is 1.88 bits per heavy atom. The van der Waals surface area contributed by atoms with Crippen LogP contribution in [0.4, 0.5) is 11.6 Å². The number of esters is 1. The van der Waals surface area contributed by atoms with E-state index in [1.807, 2.05) is 0 Å². The average Bonchev–Trinajstić information content (AvgIpc) is 3.83. The van der Waals surface area contributed by atoms with Crippen LogP contribution in [0, 0.1) is 0 Å². The van der Waals surface area contributed by atoms with E-state index in [1.165, 1.54) is 18.3 Å². The van der Waals surface area contributed by atoms with Crippen LogP contribution in [0.15, 0.2) is 42.4 Å². The number of anilines is 2. The molecule has 29 heteroatoms. The van der Waals surface area contributed by atoms with Crippen LogP contribution in [-0.2, 0) is 62.1 Å². The van der Waals surface area contributed by atoms with E-state index in [-0.39, 0.29) is 35.6 Å². The zero-order chi connectivity index (χ0) is 42.6. The number of hydrogen-bond donors (Lipinski definition) is 7. The van der Waals surface area contributed by atoms with E-state index in [9.17, 15) is 51.7 Å². The van der Waals surface area contributed by atoms with E-state index < -0.39 is 124 Å². The van der Waals surface area contributed by atoms with Gasteiger partial charge in [0, 0.05) is 18.9 Å². The summed E-state index contributed by atoms with van der Waals surface area (Å²) in [7, 11) is -14.1. The van der Waals surface area contributed by atoms with Crippen LogP contribution < -0.4 is 22.5 Å². The first-order valence-electron chi connectivity index (χ1n) is 17.0. The van der Waals surface area contributed by atoms with Crippen molar-refractivity contribution in [1.82, 2.24) is 34.4 Å². The Morgan fingerprint density at radius 1 is 1.16 bits per heavy atom. The van der Waals surface area contributed by atoms with Gasteiger partial charge in [0.1, 0.15) is 51.9 Å². The molecule has 0 radical (unpaired) electrons. The van der Waals surface area contributed by atoms with Gasteiger partial charge in [0.2, 0.25) is 11.6 Å². The number of carbonyl (C=O) groups is 2. The Labute approximate surface area is 328 Å². The number of fused-ring (bicyclic) bond motifs is 1. The summed E-state index contributed by atoms with van der Waals surface area (Å²) in [6, 6.07) is -1.60. The number of nitrogen functional groups attached to an aromatic ring is 2. The van der Waals surface area contributed by atoms with E-state index in [0.29, 0.717) is 0 Å². The molecular formula is C29H41N9O17P2S. The van der Waals surface area contributed by atoms with E-state index in [1.54, 1.807) is 0 Å². The van der Waals surface area contributed by atoms with Crippen LogP contribution in [-0.4, -0.2) is 138 Å². The quantitative estimate of drug-likeness (QED) is 0.0376. The summed E-state index contributed by atoms with van der Waals surface area (Å²) in [6.45, 7) is 0.557. The fourth-order valence-corrected chi connectivity index (χ4v) is 8.00. The maximum absolute atomic E-state index is 13.8. The molecule has 0 bridgehead atoms. The second-order valence-corrected chi connectivity index (χ2v) is 18.0. The number of phosphoric acid groups is 2. The van der Waals surface area contributed by atoms with Crippen molar-refractivity contribution >= 4 is 60.2 Å². The predicted octanol–water partition coefficient (Wildman–Crippen LogP) is -2.36. The molecule has 2 fully saturated rings. The Bertz CT molecular complexity index is 2270. The Balaban J connectivity index is 1.43. The smallest absolute Gasteiger partial charge is 0.453 e. The molecule has 1 amide bonds. The van der Waals surface area contributed by atoms with Crippen molar-refractivity contribution in [3.8, 4) is 0 Å². The number of nitrogens with two attached hydrogens (primary N) is 2. The lowest BCUT2D eigenvalue weighted by atomic mass is 10.0. The molecule has 0 saturated carbocycles. The highest BCUT2D eigenvalue weighted by Crippen LogP contribution is 2.50. The van der Waals surface area contributed by atoms with Gasteiger partial charge in [0.15, 0.2) is 17.6 Å². The third-order valence-electron chi connectivity index (χ3n) is 8.80. The zero-order valence-electron chi connectivity index (χ0n) is 30.5. The number of sulfone groups is 1. The normalized spacial score (nSPS) is 25.3. The van der Waals surface area contributed by atoms with Crippen molar-refractivity contribution in [3.05, 3.63) is 48.1 Å². The monoisotopic (exact) mass is 881 g/mol. The van der Waals surface area contributed by atoms with Crippen molar-refractivity contribution in [2.24, 2.45) is 0 Å². The van der Waals surface area contributed by atoms with E-state index in [4.69, 9.17) is 34.7 Å². The minimum absolute atomic E-state index is 0.0236. The Kier molecular flexibility index (Phi) is 13.9. The molecule has 58 heavy (non-hydrogen) atoms. The van der Waals surface area contributed by atoms with Gasteiger partial charge >= 0.3 is 27.3 Å². The van der Waals surface area contributed by atoms with Crippen LogP contribution in [0.25, 0.3) is 11.2 Å². The van der Waals surface area contributed by atoms with Crippen molar-refractivity contribution < 1.29 is 74.7 Å². The first-order valence-corrected chi connectivity index (χ1v) is 22.1. The molecule has 320 valence electrons. The van der Waals surface area contributed by atoms with Gasteiger partial charge in [-0.25, -0.2) is 42.1 Å². The number of aliphatic hydroxyl groups is 1. The third kappa shape index (κ3) is 11.1. The summed E-state index contributed by atoms with van der Waals surface area (Å²) in [5.74, 6) is -2.70. The molecule has 2 aliphatic heterocycles. The number of carbonyl (C=O) groups excluding carboxylic acids is 2. The first-order chi connectivity index (χ1) is 27.1. The molecule has 3 aromatic heterocycles. The second-order valence-electron chi connectivity index (χ2n) is 13.1. The summed E-state index contributed by atoms with van der Waals surface area (Å²) < 4.78 is 83.2. The summed E-state index contributed by atoms with van der Waals surface area (Å²) in [5.41, 5.74) is 8.10. The number of rotatable bonds is 19. The number of allylic oxidation sites excluding steroid dienone is 1. The summed E-state index contributed by atoms with van der Waals surface area (Å²) in [6.07, 6.45) is -1.32. The van der Waals surface area contributed by atoms with Crippen LogP contribution in [0.1, 0.15) is 25.3 Å². The number of amides is 1. The van der Waals surface area contributed by atoms with Crippen LogP contribution in [0.3, 0.4) is 0 Å². The minimum atomic E-state index is -5.34. The van der Waals surface area contributed by atoms with Crippen molar-refractivity contribution in [2.75, 3.05) is 49.9 Å². The molecule has 26 nitrogen and oxygen atoms in total. The number of nitrogens with one attached hydrogen (secondary N) is 1. The number of nitrogens with zero attached hydrogens (tertiary/aromatic N) is 6. The molecule has 2 saturated heterocycles. The molecule has 9 N–H and O–H groups in total. The standard InChI is InChI=1S/C29H41N9O17P2S/c1-3-4-5-21(39)35-16(7-9-58(2,48)49)27(40)54-24-19(51-13-29(24,42)38-15-34-22-25(31)32-14-33-26(22)38)12-53-57(46,47)55-23-17(37-8-6-20(30)36-28(37)41)10-50-18(23)11-52-56(43,44)45/h3,6,8,14-19,23-24,42H,1,4-5,7,9-13H2,2H3,(H,35,39)(H,46,47)(H2,30,36,41)(H2,31,32,33)(H2,43,44,45)/t16-,17?,18+,19+,23-,24+,29+/m0/s1. The molecule has 0 spiro atoms. The zero-order valence-corrected chi connectivity index (χ0v) is 33.1. The van der Waals surface area contributed by atoms with Gasteiger partial charge in [-0.1, -0.05) is 6.08 Å². The molecule has 3 aromatic rings. The molecule has 0 aliphatic carbocycles. The average molecular weight is 882 g/mol. The molecule has 5 heterocycles. The predicted molar refractivity (Wildman–Crippen MR) is 196 cm³/mol. The van der Waals surface area contributed by atoms with E-state index in [0.717, 1.165) is 28.0 Å². The molecule has 8 atom stereocenters. The molecule has 2 aliphatic rings. The Morgan fingerprint density at radius 3 is 2.55 bits per heavy atom. The van der Waals surface area contributed by atoms with Gasteiger partial charge in [0.25, 0.3) is 0 Å². The summed E-state index contributed by atoms with van der Waals surface area (Å²) >= 11 is 0. The van der Waals surface area contributed by atoms with Gasteiger partial charge in [0.05, 0.1) is 44.5 Å². The van der Waals surface area contributed by atoms with Crippen molar-refractivity contribution in [1.29, 1.82) is 0 Å². The van der Waals surface area contributed by atoms with Crippen LogP contribution in [0.2, 0.25) is 0 Å². The van der Waals surface area contributed by atoms with Gasteiger partial charge in [-0.15, -0.1) is 6.58 Å². The van der Waals surface area contributed by atoms with Crippen molar-refractivity contribution in [2.45, 2.75) is 61.5 Å². The second kappa shape index (κ2) is 17.9. The fourth-order valence-electron chi connectivity index (χ4n) is 6.01. The molecule has 0 aromatic carbocycles. The van der Waals surface area contributed by atoms with E-state index >= 15 is 0 Å². The lowest BCUT2D eigenvalue weighted by molar-refractivity contribution is -0.176. The van der Waals surface area contributed by atoms with Gasteiger partial charge in [-0.2, -0.15) is 4.98 Å². The number of hydrogen-bond acceptors (Lipinski definition) is 20. The van der Waals surface area contributed by atoms with Gasteiger partial charge in [-0.05, 0) is 18.9 Å². The largest absolute Gasteiger partial charge is 0.472 e. The van der Waals surface area contributed by atoms with E-state index in [2.05, 4.69) is 36.4 Å². The highest BCUT2D eigenvalue weighted by Gasteiger charge is 2.55. The number of phosphoric ester groups is 2. The lowest BCUT2D eigenvalue weighted by Crippen LogP contribution is -2.52. The highest BCUT2D eigenvalue weighted by atomic mass is 32.2. The van der Waals surface area contributed by atoms with Gasteiger partial charge < -0.3 is 50.8 Å². The van der Waals surface area contributed by atoms with Crippen molar-refractivity contribution in [3.63, 3.8) is 0 Å². The third-order valence-corrected chi connectivity index (χ3v) is 11.2. The minimum Gasteiger partial charge on any atom is -0.453 e. The Hall–Kier alpha value is -4.24.